The maximum absolute atomic E-state index is 11.3. The Morgan fingerprint density at radius 1 is 1.32 bits per heavy atom. The zero-order valence-electron chi connectivity index (χ0n) is 12.9. The quantitative estimate of drug-likeness (QED) is 0.757. The first-order chi connectivity index (χ1) is 10.6. The van der Waals surface area contributed by atoms with E-state index in [0.717, 1.165) is 12.0 Å². The van der Waals surface area contributed by atoms with Gasteiger partial charge in [-0.2, -0.15) is 0 Å². The standard InChI is InChI=1S/C16H24N2O4/c1-11(18)8-12-2-4-13(5-3-12)14-9-20-16(21-10-14)22-15(19)6-7-17/h2-5,11,14,16H,6-10,17-18H2,1H3. The molecule has 22 heavy (non-hydrogen) atoms. The van der Waals surface area contributed by atoms with Crippen LogP contribution >= 0.6 is 0 Å². The number of rotatable bonds is 6. The lowest BCUT2D eigenvalue weighted by Gasteiger charge is -2.29. The van der Waals surface area contributed by atoms with Crippen LogP contribution in [0, 0.1) is 0 Å². The summed E-state index contributed by atoms with van der Waals surface area (Å²) in [7, 11) is 0. The molecule has 1 heterocycles. The van der Waals surface area contributed by atoms with Crippen LogP contribution in [0.4, 0.5) is 0 Å². The molecule has 122 valence electrons. The summed E-state index contributed by atoms with van der Waals surface area (Å²) in [5.74, 6) is -0.278. The summed E-state index contributed by atoms with van der Waals surface area (Å²) in [4.78, 5) is 11.3. The van der Waals surface area contributed by atoms with Crippen molar-refractivity contribution in [2.75, 3.05) is 19.8 Å². The average molecular weight is 308 g/mol. The third-order valence-corrected chi connectivity index (χ3v) is 3.45. The molecule has 0 aromatic heterocycles. The molecule has 1 saturated heterocycles. The molecule has 1 aromatic carbocycles. The molecule has 1 fully saturated rings. The molecule has 1 aromatic rings. The van der Waals surface area contributed by atoms with Crippen molar-refractivity contribution in [1.29, 1.82) is 0 Å². The molecule has 6 nitrogen and oxygen atoms in total. The molecule has 0 saturated carbocycles. The molecule has 1 aliphatic rings. The molecule has 2 rings (SSSR count). The molecule has 1 aliphatic heterocycles. The van der Waals surface area contributed by atoms with E-state index >= 15 is 0 Å². The molecule has 1 unspecified atom stereocenters. The molecule has 1 atom stereocenters. The van der Waals surface area contributed by atoms with Crippen LogP contribution < -0.4 is 11.5 Å². The first-order valence-corrected chi connectivity index (χ1v) is 7.55. The fourth-order valence-corrected chi connectivity index (χ4v) is 2.33. The van der Waals surface area contributed by atoms with E-state index in [1.807, 2.05) is 6.92 Å². The van der Waals surface area contributed by atoms with E-state index in [-0.39, 0.29) is 24.9 Å². The van der Waals surface area contributed by atoms with Crippen molar-refractivity contribution in [3.8, 4) is 0 Å². The Hall–Kier alpha value is -1.47. The summed E-state index contributed by atoms with van der Waals surface area (Å²) in [6, 6.07) is 8.43. The van der Waals surface area contributed by atoms with Crippen LogP contribution in [0.2, 0.25) is 0 Å². The average Bonchev–Trinajstić information content (AvgIpc) is 2.48. The van der Waals surface area contributed by atoms with Gasteiger partial charge in [0, 0.05) is 18.5 Å². The van der Waals surface area contributed by atoms with Gasteiger partial charge in [-0.15, -0.1) is 0 Å². The van der Waals surface area contributed by atoms with Gasteiger partial charge in [-0.05, 0) is 24.5 Å². The Morgan fingerprint density at radius 3 is 2.50 bits per heavy atom. The summed E-state index contributed by atoms with van der Waals surface area (Å²) in [6.45, 7) is 2.22. The van der Waals surface area contributed by atoms with E-state index in [2.05, 4.69) is 24.3 Å². The molecule has 0 bridgehead atoms. The Balaban J connectivity index is 1.82. The number of benzene rings is 1. The summed E-state index contributed by atoms with van der Waals surface area (Å²) >= 11 is 0. The van der Waals surface area contributed by atoms with Gasteiger partial charge in [0.25, 0.3) is 0 Å². The highest BCUT2D eigenvalue weighted by Crippen LogP contribution is 2.23. The second-order valence-corrected chi connectivity index (χ2v) is 5.60. The van der Waals surface area contributed by atoms with Gasteiger partial charge >= 0.3 is 12.4 Å². The van der Waals surface area contributed by atoms with Crippen molar-refractivity contribution in [2.45, 2.75) is 38.2 Å². The van der Waals surface area contributed by atoms with Crippen molar-refractivity contribution in [1.82, 2.24) is 0 Å². The maximum atomic E-state index is 11.3. The van der Waals surface area contributed by atoms with Gasteiger partial charge in [0.1, 0.15) is 0 Å². The minimum atomic E-state index is -0.923. The van der Waals surface area contributed by atoms with E-state index in [4.69, 9.17) is 25.7 Å². The predicted molar refractivity (Wildman–Crippen MR) is 82.0 cm³/mol. The fraction of sp³-hybridized carbons (Fsp3) is 0.562. The first-order valence-electron chi connectivity index (χ1n) is 7.55. The topological polar surface area (TPSA) is 96.8 Å². The molecule has 4 N–H and O–H groups in total. The van der Waals surface area contributed by atoms with Crippen molar-refractivity contribution >= 4 is 5.97 Å². The van der Waals surface area contributed by atoms with Gasteiger partial charge in [0.15, 0.2) is 0 Å². The van der Waals surface area contributed by atoms with Crippen LogP contribution in [0.15, 0.2) is 24.3 Å². The highest BCUT2D eigenvalue weighted by molar-refractivity contribution is 5.69. The first kappa shape index (κ1) is 16.9. The van der Waals surface area contributed by atoms with Gasteiger partial charge < -0.3 is 25.7 Å². The number of ether oxygens (including phenoxy) is 3. The number of carbonyl (C=O) groups is 1. The van der Waals surface area contributed by atoms with Gasteiger partial charge in [0.05, 0.1) is 19.6 Å². The van der Waals surface area contributed by atoms with Crippen LogP contribution in [0.3, 0.4) is 0 Å². The smallest absolute Gasteiger partial charge is 0.318 e. The Kier molecular flexibility index (Phi) is 6.33. The number of nitrogens with two attached hydrogens (primary N) is 2. The second-order valence-electron chi connectivity index (χ2n) is 5.60. The SMILES string of the molecule is CC(N)Cc1ccc(C2COC(OC(=O)CCN)OC2)cc1. The lowest BCUT2D eigenvalue weighted by Crippen LogP contribution is -2.34. The number of carbonyl (C=O) groups excluding carboxylic acids is 1. The molecule has 6 heteroatoms. The molecule has 0 aliphatic carbocycles. The number of hydrogen-bond acceptors (Lipinski definition) is 6. The zero-order chi connectivity index (χ0) is 15.9. The second kappa shape index (κ2) is 8.24. The molecular formula is C16H24N2O4. The van der Waals surface area contributed by atoms with Gasteiger partial charge in [-0.25, -0.2) is 0 Å². The van der Waals surface area contributed by atoms with E-state index < -0.39 is 12.4 Å². The van der Waals surface area contributed by atoms with Crippen LogP contribution in [0.1, 0.15) is 30.4 Å². The predicted octanol–water partition coefficient (Wildman–Crippen LogP) is 0.882. The van der Waals surface area contributed by atoms with E-state index in [1.165, 1.54) is 5.56 Å². The van der Waals surface area contributed by atoms with Crippen molar-refractivity contribution in [3.05, 3.63) is 35.4 Å². The molecule has 0 spiro atoms. The summed E-state index contributed by atoms with van der Waals surface area (Å²) in [5, 5.41) is 0. The van der Waals surface area contributed by atoms with Gasteiger partial charge in [-0.1, -0.05) is 24.3 Å². The van der Waals surface area contributed by atoms with E-state index in [9.17, 15) is 4.79 Å². The Labute approximate surface area is 130 Å². The van der Waals surface area contributed by atoms with Gasteiger partial charge in [0.2, 0.25) is 0 Å². The zero-order valence-corrected chi connectivity index (χ0v) is 12.9. The lowest BCUT2D eigenvalue weighted by molar-refractivity contribution is -0.301. The van der Waals surface area contributed by atoms with Crippen molar-refractivity contribution in [3.63, 3.8) is 0 Å². The molecular weight excluding hydrogens is 284 g/mol. The molecule has 0 amide bonds. The minimum absolute atomic E-state index is 0.133. The molecule has 0 radical (unpaired) electrons. The highest BCUT2D eigenvalue weighted by atomic mass is 16.9. The number of hydrogen-bond donors (Lipinski definition) is 2. The summed E-state index contributed by atoms with van der Waals surface area (Å²) in [6.07, 6.45) is 1.02. The summed E-state index contributed by atoms with van der Waals surface area (Å²) < 4.78 is 15.9. The van der Waals surface area contributed by atoms with Crippen molar-refractivity contribution < 1.29 is 19.0 Å². The minimum Gasteiger partial charge on any atom is -0.410 e. The Bertz CT molecular complexity index is 468. The normalized spacial score (nSPS) is 23.0. The lowest BCUT2D eigenvalue weighted by atomic mass is 9.97. The van der Waals surface area contributed by atoms with Crippen molar-refractivity contribution in [2.24, 2.45) is 11.5 Å². The monoisotopic (exact) mass is 308 g/mol. The Morgan fingerprint density at radius 2 is 1.95 bits per heavy atom. The van der Waals surface area contributed by atoms with E-state index in [0.29, 0.717) is 13.2 Å². The fourth-order valence-electron chi connectivity index (χ4n) is 2.33. The van der Waals surface area contributed by atoms with E-state index in [1.54, 1.807) is 0 Å². The van der Waals surface area contributed by atoms with Gasteiger partial charge in [-0.3, -0.25) is 4.79 Å². The van der Waals surface area contributed by atoms with Crippen LogP contribution in [0.5, 0.6) is 0 Å². The third kappa shape index (κ3) is 5.06. The summed E-state index contributed by atoms with van der Waals surface area (Å²) in [5.41, 5.74) is 13.4. The number of esters is 1. The van der Waals surface area contributed by atoms with Crippen LogP contribution in [-0.2, 0) is 25.4 Å². The maximum Gasteiger partial charge on any atom is 0.318 e. The third-order valence-electron chi connectivity index (χ3n) is 3.45. The van der Waals surface area contributed by atoms with Crippen LogP contribution in [-0.4, -0.2) is 38.2 Å². The van der Waals surface area contributed by atoms with Crippen LogP contribution in [0.25, 0.3) is 0 Å². The largest absolute Gasteiger partial charge is 0.410 e. The highest BCUT2D eigenvalue weighted by Gasteiger charge is 2.26.